The topological polar surface area (TPSA) is 36.7 Å². The molecule has 0 bridgehead atoms. The number of halogens is 1. The van der Waals surface area contributed by atoms with Gasteiger partial charge in [0.25, 0.3) is 0 Å². The summed E-state index contributed by atoms with van der Waals surface area (Å²) in [6.45, 7) is 0. The Kier molecular flexibility index (Phi) is 3.49. The summed E-state index contributed by atoms with van der Waals surface area (Å²) in [5, 5.41) is 11.1. The molecule has 3 aromatic rings. The maximum absolute atomic E-state index is 9.21. The lowest BCUT2D eigenvalue weighted by Gasteiger charge is -2.07. The van der Waals surface area contributed by atoms with Crippen LogP contribution in [0.1, 0.15) is 11.1 Å². The summed E-state index contributed by atoms with van der Waals surface area (Å²) in [4.78, 5) is 4.74. The highest BCUT2D eigenvalue weighted by molar-refractivity contribution is 9.08. The zero-order chi connectivity index (χ0) is 13.9. The van der Waals surface area contributed by atoms with Gasteiger partial charge in [0.1, 0.15) is 0 Å². The van der Waals surface area contributed by atoms with Crippen molar-refractivity contribution in [1.82, 2.24) is 4.98 Å². The van der Waals surface area contributed by atoms with E-state index < -0.39 is 0 Å². The van der Waals surface area contributed by atoms with Crippen LogP contribution in [0.15, 0.2) is 54.6 Å². The molecule has 0 amide bonds. The van der Waals surface area contributed by atoms with E-state index in [0.29, 0.717) is 5.56 Å². The molecule has 0 aliphatic carbocycles. The minimum Gasteiger partial charge on any atom is -0.247 e. The van der Waals surface area contributed by atoms with Crippen LogP contribution in [-0.2, 0) is 5.33 Å². The molecule has 0 spiro atoms. The van der Waals surface area contributed by atoms with Gasteiger partial charge in [0, 0.05) is 16.3 Å². The van der Waals surface area contributed by atoms with Crippen molar-refractivity contribution in [2.45, 2.75) is 5.33 Å². The summed E-state index contributed by atoms with van der Waals surface area (Å²) in [5.41, 5.74) is 4.49. The Labute approximate surface area is 125 Å². The molecular weight excluding hydrogens is 312 g/mol. The van der Waals surface area contributed by atoms with E-state index in [2.05, 4.69) is 40.2 Å². The van der Waals surface area contributed by atoms with Crippen LogP contribution in [0.4, 0.5) is 0 Å². The van der Waals surface area contributed by atoms with Crippen molar-refractivity contribution in [2.24, 2.45) is 0 Å². The van der Waals surface area contributed by atoms with Crippen LogP contribution in [0, 0.1) is 11.3 Å². The molecule has 0 aliphatic rings. The number of benzene rings is 2. The molecule has 3 rings (SSSR count). The molecule has 0 radical (unpaired) electrons. The fourth-order valence-electron chi connectivity index (χ4n) is 2.27. The summed E-state index contributed by atoms with van der Waals surface area (Å²) >= 11 is 3.50. The van der Waals surface area contributed by atoms with E-state index >= 15 is 0 Å². The van der Waals surface area contributed by atoms with Gasteiger partial charge in [-0.3, -0.25) is 0 Å². The summed E-state index contributed by atoms with van der Waals surface area (Å²) in [5.74, 6) is 0. The molecule has 2 nitrogen and oxygen atoms in total. The average Bonchev–Trinajstić information content (AvgIpc) is 2.53. The van der Waals surface area contributed by atoms with Crippen molar-refractivity contribution in [1.29, 1.82) is 5.26 Å². The molecule has 96 valence electrons. The number of rotatable bonds is 2. The van der Waals surface area contributed by atoms with Gasteiger partial charge in [-0.1, -0.05) is 58.4 Å². The Morgan fingerprint density at radius 3 is 2.65 bits per heavy atom. The van der Waals surface area contributed by atoms with Gasteiger partial charge in [-0.25, -0.2) is 4.98 Å². The third kappa shape index (κ3) is 2.19. The smallest absolute Gasteiger partial charge is 0.0998 e. The summed E-state index contributed by atoms with van der Waals surface area (Å²) < 4.78 is 0. The molecule has 20 heavy (non-hydrogen) atoms. The first kappa shape index (κ1) is 12.8. The van der Waals surface area contributed by atoms with E-state index in [9.17, 15) is 5.26 Å². The highest BCUT2D eigenvalue weighted by Crippen LogP contribution is 2.26. The number of alkyl halides is 1. The standard InChI is InChI=1S/C17H11BrN2/c18-10-13-6-3-5-12-8-9-16(20-17(12)13)15-7-2-1-4-14(15)11-19/h1-9H,10H2. The van der Waals surface area contributed by atoms with Gasteiger partial charge >= 0.3 is 0 Å². The van der Waals surface area contributed by atoms with Gasteiger partial charge in [-0.2, -0.15) is 5.26 Å². The molecular formula is C17H11BrN2. The van der Waals surface area contributed by atoms with Crippen molar-refractivity contribution >= 4 is 26.8 Å². The highest BCUT2D eigenvalue weighted by Gasteiger charge is 2.08. The normalized spacial score (nSPS) is 10.4. The minimum atomic E-state index is 0.649. The molecule has 0 unspecified atom stereocenters. The second-order valence-corrected chi connectivity index (χ2v) is 5.04. The summed E-state index contributed by atoms with van der Waals surface area (Å²) in [7, 11) is 0. The third-order valence-corrected chi connectivity index (χ3v) is 3.88. The van der Waals surface area contributed by atoms with E-state index in [1.165, 1.54) is 0 Å². The molecule has 0 N–H and O–H groups in total. The van der Waals surface area contributed by atoms with Gasteiger partial charge in [-0.05, 0) is 17.7 Å². The maximum atomic E-state index is 9.21. The number of hydrogen-bond donors (Lipinski definition) is 0. The van der Waals surface area contributed by atoms with Gasteiger partial charge in [0.2, 0.25) is 0 Å². The zero-order valence-electron chi connectivity index (χ0n) is 10.7. The predicted molar refractivity (Wildman–Crippen MR) is 84.5 cm³/mol. The van der Waals surface area contributed by atoms with Crippen LogP contribution in [0.5, 0.6) is 0 Å². The Bertz CT molecular complexity index is 819. The molecule has 0 saturated carbocycles. The average molecular weight is 323 g/mol. The Morgan fingerprint density at radius 1 is 1.00 bits per heavy atom. The molecule has 1 heterocycles. The van der Waals surface area contributed by atoms with Gasteiger partial charge in [0.15, 0.2) is 0 Å². The van der Waals surface area contributed by atoms with Crippen LogP contribution in [-0.4, -0.2) is 4.98 Å². The first-order chi connectivity index (χ1) is 9.83. The fourth-order valence-corrected chi connectivity index (χ4v) is 2.72. The first-order valence-corrected chi connectivity index (χ1v) is 7.40. The van der Waals surface area contributed by atoms with Gasteiger partial charge < -0.3 is 0 Å². The van der Waals surface area contributed by atoms with Crippen LogP contribution in [0.25, 0.3) is 22.2 Å². The van der Waals surface area contributed by atoms with Crippen molar-refractivity contribution in [3.05, 3.63) is 65.7 Å². The van der Waals surface area contributed by atoms with Crippen molar-refractivity contribution < 1.29 is 0 Å². The molecule has 0 fully saturated rings. The maximum Gasteiger partial charge on any atom is 0.0998 e. The number of para-hydroxylation sites is 1. The zero-order valence-corrected chi connectivity index (χ0v) is 12.3. The first-order valence-electron chi connectivity index (χ1n) is 6.27. The Hall–Kier alpha value is -2.18. The monoisotopic (exact) mass is 322 g/mol. The molecule has 3 heteroatoms. The number of pyridine rings is 1. The molecule has 0 saturated heterocycles. The lowest BCUT2D eigenvalue weighted by molar-refractivity contribution is 1.34. The number of fused-ring (bicyclic) bond motifs is 1. The van der Waals surface area contributed by atoms with Crippen LogP contribution >= 0.6 is 15.9 Å². The third-order valence-electron chi connectivity index (χ3n) is 3.27. The van der Waals surface area contributed by atoms with Crippen molar-refractivity contribution in [3.63, 3.8) is 0 Å². The second kappa shape index (κ2) is 5.44. The Balaban J connectivity index is 2.26. The van der Waals surface area contributed by atoms with E-state index in [0.717, 1.165) is 33.1 Å². The lowest BCUT2D eigenvalue weighted by atomic mass is 10.0. The van der Waals surface area contributed by atoms with E-state index in [4.69, 9.17) is 4.98 Å². The fraction of sp³-hybridized carbons (Fsp3) is 0.0588. The predicted octanol–water partition coefficient (Wildman–Crippen LogP) is 4.67. The largest absolute Gasteiger partial charge is 0.247 e. The van der Waals surface area contributed by atoms with Crippen LogP contribution < -0.4 is 0 Å². The van der Waals surface area contributed by atoms with E-state index in [-0.39, 0.29) is 0 Å². The number of hydrogen-bond acceptors (Lipinski definition) is 2. The number of nitrogens with zero attached hydrogens (tertiary/aromatic N) is 2. The highest BCUT2D eigenvalue weighted by atomic mass is 79.9. The summed E-state index contributed by atoms with van der Waals surface area (Å²) in [6, 6.07) is 19.9. The Morgan fingerprint density at radius 2 is 1.85 bits per heavy atom. The molecule has 0 aliphatic heterocycles. The second-order valence-electron chi connectivity index (χ2n) is 4.48. The van der Waals surface area contributed by atoms with E-state index in [1.807, 2.05) is 36.4 Å². The lowest BCUT2D eigenvalue weighted by Crippen LogP contribution is -1.91. The van der Waals surface area contributed by atoms with E-state index in [1.54, 1.807) is 0 Å². The van der Waals surface area contributed by atoms with Crippen molar-refractivity contribution in [3.8, 4) is 17.3 Å². The summed E-state index contributed by atoms with van der Waals surface area (Å²) in [6.07, 6.45) is 0. The molecule has 2 aromatic carbocycles. The van der Waals surface area contributed by atoms with Gasteiger partial charge in [-0.15, -0.1) is 0 Å². The number of aromatic nitrogens is 1. The quantitative estimate of drug-likeness (QED) is 0.643. The van der Waals surface area contributed by atoms with Crippen molar-refractivity contribution in [2.75, 3.05) is 0 Å². The molecule has 1 aromatic heterocycles. The molecule has 0 atom stereocenters. The number of nitriles is 1. The van der Waals surface area contributed by atoms with Crippen LogP contribution in [0.2, 0.25) is 0 Å². The minimum absolute atomic E-state index is 0.649. The SMILES string of the molecule is N#Cc1ccccc1-c1ccc2cccc(CBr)c2n1. The van der Waals surface area contributed by atoms with Crippen LogP contribution in [0.3, 0.4) is 0 Å². The van der Waals surface area contributed by atoms with Gasteiger partial charge in [0.05, 0.1) is 22.8 Å².